The zero-order chi connectivity index (χ0) is 22.9. The Morgan fingerprint density at radius 2 is 1.94 bits per heavy atom. The maximum atomic E-state index is 12.2. The third-order valence-electron chi connectivity index (χ3n) is 4.24. The van der Waals surface area contributed by atoms with Crippen LogP contribution in [-0.4, -0.2) is 45.7 Å². The number of benzene rings is 2. The van der Waals surface area contributed by atoms with Gasteiger partial charge in [-0.1, -0.05) is 42.1 Å². The van der Waals surface area contributed by atoms with E-state index in [-0.39, 0.29) is 11.7 Å². The van der Waals surface area contributed by atoms with E-state index < -0.39 is 5.97 Å². The summed E-state index contributed by atoms with van der Waals surface area (Å²) in [5.41, 5.74) is 4.13. The molecule has 0 aliphatic rings. The molecule has 0 fully saturated rings. The van der Waals surface area contributed by atoms with E-state index in [1.807, 2.05) is 41.8 Å². The first-order chi connectivity index (χ1) is 15.5. The van der Waals surface area contributed by atoms with E-state index in [1.54, 1.807) is 18.2 Å². The number of esters is 1. The number of carbonyl (C=O) groups excluding carboxylic acids is 2. The lowest BCUT2D eigenvalue weighted by molar-refractivity contribution is -0.132. The Bertz CT molecular complexity index is 1110. The van der Waals surface area contributed by atoms with Gasteiger partial charge in [-0.05, 0) is 30.7 Å². The van der Waals surface area contributed by atoms with Gasteiger partial charge in [0.25, 0.3) is 5.91 Å². The van der Waals surface area contributed by atoms with Crippen molar-refractivity contribution in [2.45, 2.75) is 25.5 Å². The zero-order valence-corrected chi connectivity index (χ0v) is 18.8. The van der Waals surface area contributed by atoms with Gasteiger partial charge in [0.05, 0.1) is 19.1 Å². The predicted octanol–water partition coefficient (Wildman–Crippen LogP) is 3.14. The summed E-state index contributed by atoms with van der Waals surface area (Å²) in [7, 11) is 1.47. The number of ether oxygens (including phenoxy) is 2. The molecule has 0 atom stereocenters. The van der Waals surface area contributed by atoms with Crippen LogP contribution in [0, 0.1) is 0 Å². The molecule has 0 saturated carbocycles. The Morgan fingerprint density at radius 3 is 2.62 bits per heavy atom. The van der Waals surface area contributed by atoms with Gasteiger partial charge in [-0.2, -0.15) is 5.10 Å². The molecule has 1 heterocycles. The molecule has 3 rings (SSSR count). The molecule has 10 heteroatoms. The molecule has 0 radical (unpaired) electrons. The second kappa shape index (κ2) is 11.1. The zero-order valence-electron chi connectivity index (χ0n) is 17.9. The first-order valence-corrected chi connectivity index (χ1v) is 10.8. The van der Waals surface area contributed by atoms with Crippen molar-refractivity contribution in [2.75, 3.05) is 12.9 Å². The third kappa shape index (κ3) is 5.94. The van der Waals surface area contributed by atoms with Crippen molar-refractivity contribution in [3.63, 3.8) is 0 Å². The summed E-state index contributed by atoms with van der Waals surface area (Å²) in [6.07, 6.45) is 1.48. The predicted molar refractivity (Wildman–Crippen MR) is 122 cm³/mol. The lowest BCUT2D eigenvalue weighted by Gasteiger charge is -2.08. The summed E-state index contributed by atoms with van der Waals surface area (Å²) in [6, 6.07) is 14.7. The Balaban J connectivity index is 1.57. The molecule has 9 nitrogen and oxygen atoms in total. The van der Waals surface area contributed by atoms with Crippen LogP contribution < -0.4 is 14.9 Å². The highest BCUT2D eigenvalue weighted by Crippen LogP contribution is 2.27. The summed E-state index contributed by atoms with van der Waals surface area (Å²) in [6.45, 7) is 4.00. The van der Waals surface area contributed by atoms with E-state index in [0.717, 1.165) is 11.4 Å². The van der Waals surface area contributed by atoms with Gasteiger partial charge in [-0.15, -0.1) is 10.2 Å². The number of nitrogens with zero attached hydrogens (tertiary/aromatic N) is 4. The minimum absolute atomic E-state index is 0.138. The van der Waals surface area contributed by atoms with Gasteiger partial charge in [-0.25, -0.2) is 5.43 Å². The number of thioether (sulfide) groups is 1. The number of carbonyl (C=O) groups is 2. The molecular formula is C22H23N5O4S. The lowest BCUT2D eigenvalue weighted by Crippen LogP contribution is -2.20. The van der Waals surface area contributed by atoms with Gasteiger partial charge in [0.15, 0.2) is 22.5 Å². The number of rotatable bonds is 9. The average Bonchev–Trinajstić information content (AvgIpc) is 3.21. The second-order valence-electron chi connectivity index (χ2n) is 6.50. The lowest BCUT2D eigenvalue weighted by atomic mass is 10.2. The molecule has 166 valence electrons. The summed E-state index contributed by atoms with van der Waals surface area (Å²) in [5.74, 6) is 0.886. The molecule has 0 spiro atoms. The van der Waals surface area contributed by atoms with Crippen molar-refractivity contribution in [3.05, 3.63) is 54.1 Å². The maximum absolute atomic E-state index is 12.2. The molecular weight excluding hydrogens is 430 g/mol. The molecule has 2 aromatic carbocycles. The van der Waals surface area contributed by atoms with E-state index in [1.165, 1.54) is 32.0 Å². The third-order valence-corrected chi connectivity index (χ3v) is 5.21. The van der Waals surface area contributed by atoms with Crippen LogP contribution in [0.5, 0.6) is 11.5 Å². The molecule has 1 amide bonds. The SMILES string of the molecule is CCn1c(SCC(=O)NN=Cc2ccc(OC(C)=O)c(OC)c2)nnc1-c1ccccc1. The number of methoxy groups -OCH3 is 1. The van der Waals surface area contributed by atoms with E-state index in [0.29, 0.717) is 28.8 Å². The topological polar surface area (TPSA) is 108 Å². The molecule has 0 unspecified atom stereocenters. The minimum atomic E-state index is -0.440. The van der Waals surface area contributed by atoms with Gasteiger partial charge in [0.1, 0.15) is 0 Å². The monoisotopic (exact) mass is 453 g/mol. The maximum Gasteiger partial charge on any atom is 0.308 e. The fraction of sp³-hybridized carbons (Fsp3) is 0.227. The molecule has 0 aliphatic carbocycles. The normalized spacial score (nSPS) is 10.8. The Kier molecular flexibility index (Phi) is 7.98. The number of hydrazone groups is 1. The number of aromatic nitrogens is 3. The highest BCUT2D eigenvalue weighted by atomic mass is 32.2. The first kappa shape index (κ1) is 23.0. The van der Waals surface area contributed by atoms with E-state index in [2.05, 4.69) is 20.7 Å². The number of amides is 1. The van der Waals surface area contributed by atoms with Crippen LogP contribution in [0.15, 0.2) is 58.8 Å². The smallest absolute Gasteiger partial charge is 0.308 e. The molecule has 1 aromatic heterocycles. The molecule has 1 N–H and O–H groups in total. The quantitative estimate of drug-likeness (QED) is 0.174. The molecule has 0 aliphatic heterocycles. The summed E-state index contributed by atoms with van der Waals surface area (Å²) < 4.78 is 12.2. The highest BCUT2D eigenvalue weighted by Gasteiger charge is 2.14. The summed E-state index contributed by atoms with van der Waals surface area (Å²) in [5, 5.41) is 13.1. The molecule has 32 heavy (non-hydrogen) atoms. The van der Waals surface area contributed by atoms with Crippen LogP contribution >= 0.6 is 11.8 Å². The van der Waals surface area contributed by atoms with Crippen LogP contribution in [-0.2, 0) is 16.1 Å². The van der Waals surface area contributed by atoms with Crippen LogP contribution in [0.4, 0.5) is 0 Å². The minimum Gasteiger partial charge on any atom is -0.493 e. The van der Waals surface area contributed by atoms with Crippen molar-refractivity contribution < 1.29 is 19.1 Å². The Morgan fingerprint density at radius 1 is 1.16 bits per heavy atom. The summed E-state index contributed by atoms with van der Waals surface area (Å²) in [4.78, 5) is 23.3. The Labute approximate surface area is 189 Å². The van der Waals surface area contributed by atoms with Crippen LogP contribution in [0.25, 0.3) is 11.4 Å². The van der Waals surface area contributed by atoms with Crippen LogP contribution in [0.1, 0.15) is 19.4 Å². The van der Waals surface area contributed by atoms with Gasteiger partial charge in [-0.3, -0.25) is 9.59 Å². The van der Waals surface area contributed by atoms with E-state index in [9.17, 15) is 9.59 Å². The second-order valence-corrected chi connectivity index (χ2v) is 7.44. The van der Waals surface area contributed by atoms with Crippen LogP contribution in [0.2, 0.25) is 0 Å². The largest absolute Gasteiger partial charge is 0.493 e. The highest BCUT2D eigenvalue weighted by molar-refractivity contribution is 7.99. The van der Waals surface area contributed by atoms with Crippen molar-refractivity contribution in [1.82, 2.24) is 20.2 Å². The number of hydrogen-bond acceptors (Lipinski definition) is 8. The number of hydrogen-bond donors (Lipinski definition) is 1. The Hall–Kier alpha value is -3.66. The number of nitrogens with one attached hydrogen (secondary N) is 1. The van der Waals surface area contributed by atoms with Gasteiger partial charge < -0.3 is 14.0 Å². The van der Waals surface area contributed by atoms with Crippen molar-refractivity contribution in [1.29, 1.82) is 0 Å². The molecule has 0 saturated heterocycles. The van der Waals surface area contributed by atoms with Gasteiger partial charge in [0.2, 0.25) is 0 Å². The average molecular weight is 454 g/mol. The van der Waals surface area contributed by atoms with Crippen molar-refractivity contribution >= 4 is 29.9 Å². The summed E-state index contributed by atoms with van der Waals surface area (Å²) >= 11 is 1.29. The molecule has 3 aromatic rings. The van der Waals surface area contributed by atoms with Crippen molar-refractivity contribution in [2.24, 2.45) is 5.10 Å². The van der Waals surface area contributed by atoms with E-state index >= 15 is 0 Å². The standard InChI is InChI=1S/C22H23N5O4S/c1-4-27-21(17-8-6-5-7-9-17)25-26-22(27)32-14-20(29)24-23-13-16-10-11-18(31-15(2)28)19(12-16)30-3/h5-13H,4,14H2,1-3H3,(H,24,29). The van der Waals surface area contributed by atoms with Crippen molar-refractivity contribution in [3.8, 4) is 22.9 Å². The van der Waals surface area contributed by atoms with Gasteiger partial charge >= 0.3 is 5.97 Å². The first-order valence-electron chi connectivity index (χ1n) is 9.81. The van der Waals surface area contributed by atoms with E-state index in [4.69, 9.17) is 9.47 Å². The van der Waals surface area contributed by atoms with Crippen LogP contribution in [0.3, 0.4) is 0 Å². The fourth-order valence-electron chi connectivity index (χ4n) is 2.83. The molecule has 0 bridgehead atoms. The fourth-order valence-corrected chi connectivity index (χ4v) is 3.62. The van der Waals surface area contributed by atoms with Gasteiger partial charge in [0, 0.05) is 19.0 Å².